The van der Waals surface area contributed by atoms with Crippen molar-refractivity contribution in [2.75, 3.05) is 0 Å². The van der Waals surface area contributed by atoms with Crippen LogP contribution in [0, 0.1) is 18.2 Å². The number of aromatic hydroxyl groups is 1. The van der Waals surface area contributed by atoms with E-state index >= 15 is 0 Å². The first-order chi connectivity index (χ1) is 13.5. The molecule has 0 unspecified atom stereocenters. The molecule has 0 amide bonds. The fraction of sp³-hybridized carbons (Fsp3) is 0.409. The largest absolute Gasteiger partial charge is 0.503 e. The third-order valence-electron chi connectivity index (χ3n) is 5.15. The highest BCUT2D eigenvalue weighted by atomic mass is 19.1. The molecule has 3 rings (SSSR count). The number of halogens is 1. The number of hydrogen-bond donors (Lipinski definition) is 1. The fourth-order valence-electron chi connectivity index (χ4n) is 4.20. The second kappa shape index (κ2) is 7.46. The molecule has 1 N–H and O–H groups in total. The van der Waals surface area contributed by atoms with E-state index in [1.54, 1.807) is 42.2 Å². The molecule has 0 atom stereocenters. The molecule has 3 aromatic rings. The summed E-state index contributed by atoms with van der Waals surface area (Å²) in [5.41, 5.74) is 0.552. The lowest BCUT2D eigenvalue weighted by Gasteiger charge is -2.38. The molecule has 0 bridgehead atoms. The van der Waals surface area contributed by atoms with Crippen LogP contribution in [0.2, 0.25) is 0 Å². The molecule has 7 heteroatoms. The predicted octanol–water partition coefficient (Wildman–Crippen LogP) is 4.11. The van der Waals surface area contributed by atoms with Crippen LogP contribution in [-0.2, 0) is 12.1 Å². The number of pyridine rings is 1. The summed E-state index contributed by atoms with van der Waals surface area (Å²) < 4.78 is 17.7. The topological polar surface area (TPSA) is 72.9 Å². The number of nitrogens with zero attached hydrogens (tertiary/aromatic N) is 4. The Morgan fingerprint density at radius 3 is 2.52 bits per heavy atom. The molecule has 0 aliphatic rings. The Morgan fingerprint density at radius 1 is 1.14 bits per heavy atom. The Balaban J connectivity index is 1.81. The van der Waals surface area contributed by atoms with Gasteiger partial charge in [0.25, 0.3) is 0 Å². The lowest BCUT2D eigenvalue weighted by atomic mass is 9.79. The highest BCUT2D eigenvalue weighted by Gasteiger charge is 2.32. The van der Waals surface area contributed by atoms with Crippen LogP contribution in [0.1, 0.15) is 39.8 Å². The van der Waals surface area contributed by atoms with Crippen molar-refractivity contribution >= 4 is 0 Å². The Hall–Kier alpha value is -2.96. The van der Waals surface area contributed by atoms with E-state index in [4.69, 9.17) is 0 Å². The third-order valence-corrected chi connectivity index (χ3v) is 5.15. The van der Waals surface area contributed by atoms with Gasteiger partial charge in [-0.15, -0.1) is 5.10 Å². The van der Waals surface area contributed by atoms with Crippen LogP contribution in [0.15, 0.2) is 47.5 Å². The Labute approximate surface area is 169 Å². The minimum Gasteiger partial charge on any atom is -0.503 e. The second-order valence-corrected chi connectivity index (χ2v) is 8.92. The van der Waals surface area contributed by atoms with Crippen LogP contribution in [-0.4, -0.2) is 24.7 Å². The van der Waals surface area contributed by atoms with Crippen molar-refractivity contribution in [1.29, 1.82) is 0 Å². The van der Waals surface area contributed by atoms with Gasteiger partial charge in [0.05, 0.1) is 11.9 Å². The monoisotopic (exact) mass is 398 g/mol. The summed E-state index contributed by atoms with van der Waals surface area (Å²) >= 11 is 0. The molecule has 0 aliphatic carbocycles. The van der Waals surface area contributed by atoms with Gasteiger partial charge in [-0.3, -0.25) is 9.48 Å². The molecule has 0 fully saturated rings. The molecular formula is C22H27FN4O2. The normalized spacial score (nSPS) is 12.3. The van der Waals surface area contributed by atoms with Crippen LogP contribution in [0.5, 0.6) is 5.75 Å². The summed E-state index contributed by atoms with van der Waals surface area (Å²) in [6.07, 6.45) is 4.22. The summed E-state index contributed by atoms with van der Waals surface area (Å²) in [4.78, 5) is 11.7. The SMILES string of the molecule is Cc1c(O)c(=O)ccn1C(C)(C)CC(C)(C)Cn1cc(-c2ccccc2F)nn1. The van der Waals surface area contributed by atoms with Gasteiger partial charge in [-0.2, -0.15) is 0 Å². The van der Waals surface area contributed by atoms with E-state index in [0.717, 1.165) is 6.42 Å². The van der Waals surface area contributed by atoms with E-state index in [1.165, 1.54) is 12.1 Å². The van der Waals surface area contributed by atoms with Crippen molar-refractivity contribution in [1.82, 2.24) is 19.6 Å². The molecule has 2 aromatic heterocycles. The van der Waals surface area contributed by atoms with Gasteiger partial charge in [-0.05, 0) is 44.7 Å². The zero-order chi connectivity index (χ0) is 21.4. The van der Waals surface area contributed by atoms with Crippen molar-refractivity contribution in [3.05, 3.63) is 64.5 Å². The fourth-order valence-corrected chi connectivity index (χ4v) is 4.20. The summed E-state index contributed by atoms with van der Waals surface area (Å²) in [5, 5.41) is 18.3. The molecule has 1 aromatic carbocycles. The number of benzene rings is 1. The minimum absolute atomic E-state index is 0.186. The molecule has 0 saturated carbocycles. The average Bonchev–Trinajstić information content (AvgIpc) is 3.06. The quantitative estimate of drug-likeness (QED) is 0.678. The molecule has 29 heavy (non-hydrogen) atoms. The van der Waals surface area contributed by atoms with Crippen LogP contribution in [0.25, 0.3) is 11.3 Å². The smallest absolute Gasteiger partial charge is 0.223 e. The summed E-state index contributed by atoms with van der Waals surface area (Å²) in [6.45, 7) is 10.7. The lowest BCUT2D eigenvalue weighted by molar-refractivity contribution is 0.164. The Morgan fingerprint density at radius 2 is 1.83 bits per heavy atom. The lowest BCUT2D eigenvalue weighted by Crippen LogP contribution is -2.36. The van der Waals surface area contributed by atoms with Crippen molar-refractivity contribution in [2.24, 2.45) is 5.41 Å². The number of hydrogen-bond acceptors (Lipinski definition) is 4. The Kier molecular flexibility index (Phi) is 5.34. The van der Waals surface area contributed by atoms with Gasteiger partial charge in [0.1, 0.15) is 11.5 Å². The first-order valence-electron chi connectivity index (χ1n) is 9.57. The highest BCUT2D eigenvalue weighted by Crippen LogP contribution is 2.35. The van der Waals surface area contributed by atoms with E-state index < -0.39 is 0 Å². The van der Waals surface area contributed by atoms with Crippen molar-refractivity contribution in [3.63, 3.8) is 0 Å². The molecule has 0 aliphatic heterocycles. The molecule has 0 spiro atoms. The minimum atomic E-state index is -0.378. The van der Waals surface area contributed by atoms with Gasteiger partial charge < -0.3 is 9.67 Å². The first-order valence-corrected chi connectivity index (χ1v) is 9.57. The van der Waals surface area contributed by atoms with E-state index in [-0.39, 0.29) is 27.9 Å². The molecule has 0 saturated heterocycles. The summed E-state index contributed by atoms with van der Waals surface area (Å²) in [5.74, 6) is -0.544. The van der Waals surface area contributed by atoms with Gasteiger partial charge in [-0.25, -0.2) is 4.39 Å². The summed E-state index contributed by atoms with van der Waals surface area (Å²) in [7, 11) is 0. The number of rotatable bonds is 6. The van der Waals surface area contributed by atoms with Crippen molar-refractivity contribution in [2.45, 2.75) is 53.1 Å². The van der Waals surface area contributed by atoms with Crippen LogP contribution in [0.4, 0.5) is 4.39 Å². The van der Waals surface area contributed by atoms with Crippen molar-refractivity contribution in [3.8, 4) is 17.0 Å². The second-order valence-electron chi connectivity index (χ2n) is 8.92. The molecule has 6 nitrogen and oxygen atoms in total. The average molecular weight is 398 g/mol. The summed E-state index contributed by atoms with van der Waals surface area (Å²) in [6, 6.07) is 7.89. The maximum atomic E-state index is 14.0. The van der Waals surface area contributed by atoms with Gasteiger partial charge in [-0.1, -0.05) is 31.2 Å². The van der Waals surface area contributed by atoms with Crippen LogP contribution >= 0.6 is 0 Å². The third kappa shape index (κ3) is 4.39. The van der Waals surface area contributed by atoms with E-state index in [9.17, 15) is 14.3 Å². The zero-order valence-corrected chi connectivity index (χ0v) is 17.5. The molecule has 2 heterocycles. The zero-order valence-electron chi connectivity index (χ0n) is 17.5. The maximum Gasteiger partial charge on any atom is 0.223 e. The van der Waals surface area contributed by atoms with Crippen molar-refractivity contribution < 1.29 is 9.50 Å². The first kappa shape index (κ1) is 20.8. The standard InChI is InChI=1S/C22H27FN4O2/c1-15-20(29)19(28)10-11-27(15)22(4,5)13-21(2,3)14-26-12-18(24-25-26)16-8-6-7-9-17(16)23/h6-12,29H,13-14H2,1-5H3. The molecular weight excluding hydrogens is 371 g/mol. The van der Waals surface area contributed by atoms with E-state index in [0.29, 0.717) is 23.5 Å². The highest BCUT2D eigenvalue weighted by molar-refractivity contribution is 5.58. The maximum absolute atomic E-state index is 14.0. The predicted molar refractivity (Wildman–Crippen MR) is 110 cm³/mol. The van der Waals surface area contributed by atoms with Gasteiger partial charge in [0, 0.05) is 29.9 Å². The Bertz CT molecular complexity index is 1080. The molecule has 154 valence electrons. The van der Waals surface area contributed by atoms with Gasteiger partial charge >= 0.3 is 0 Å². The van der Waals surface area contributed by atoms with E-state index in [1.807, 2.05) is 4.57 Å². The van der Waals surface area contributed by atoms with Crippen LogP contribution < -0.4 is 5.43 Å². The van der Waals surface area contributed by atoms with Gasteiger partial charge in [0.2, 0.25) is 5.43 Å². The van der Waals surface area contributed by atoms with E-state index in [2.05, 4.69) is 38.0 Å². The van der Waals surface area contributed by atoms with Crippen LogP contribution in [0.3, 0.4) is 0 Å². The number of aromatic nitrogens is 4. The molecule has 0 radical (unpaired) electrons. The van der Waals surface area contributed by atoms with Gasteiger partial charge in [0.15, 0.2) is 5.75 Å².